The molecule has 1 heterocycles. The van der Waals surface area contributed by atoms with Crippen LogP contribution in [0.4, 0.5) is 0 Å². The third-order valence-electron chi connectivity index (χ3n) is 4.32. The fourth-order valence-corrected chi connectivity index (χ4v) is 3.01. The summed E-state index contributed by atoms with van der Waals surface area (Å²) in [7, 11) is 0. The molecule has 0 unspecified atom stereocenters. The minimum absolute atomic E-state index is 0.152. The number of aliphatic hydroxyl groups is 1. The van der Waals surface area contributed by atoms with Crippen molar-refractivity contribution >= 4 is 16.9 Å². The van der Waals surface area contributed by atoms with Crippen LogP contribution in [0.25, 0.3) is 10.9 Å². The van der Waals surface area contributed by atoms with E-state index in [9.17, 15) is 9.90 Å². The number of aromatic amines is 1. The summed E-state index contributed by atoms with van der Waals surface area (Å²) in [6, 6.07) is 14.0. The molecule has 0 aliphatic carbocycles. The summed E-state index contributed by atoms with van der Waals surface area (Å²) in [5, 5.41) is 21.1. The van der Waals surface area contributed by atoms with Crippen molar-refractivity contribution in [1.82, 2.24) is 4.98 Å². The molecule has 0 saturated heterocycles. The van der Waals surface area contributed by atoms with E-state index in [1.165, 1.54) is 0 Å². The molecule has 0 bridgehead atoms. The Morgan fingerprint density at radius 2 is 2.00 bits per heavy atom. The van der Waals surface area contributed by atoms with Gasteiger partial charge in [-0.1, -0.05) is 30.3 Å². The van der Waals surface area contributed by atoms with E-state index in [4.69, 9.17) is 10.00 Å². The van der Waals surface area contributed by atoms with Crippen molar-refractivity contribution in [3.05, 3.63) is 70.9 Å². The Morgan fingerprint density at radius 3 is 2.64 bits per heavy atom. The van der Waals surface area contributed by atoms with Gasteiger partial charge in [0.15, 0.2) is 0 Å². The van der Waals surface area contributed by atoms with E-state index in [0.717, 1.165) is 16.5 Å². The SMILES string of the molecule is CCOC(=O)[C@](O)(c1ccc(C#N)cc1)c1c[nH]c2c(C)cccc12. The maximum Gasteiger partial charge on any atom is 0.347 e. The van der Waals surface area contributed by atoms with Gasteiger partial charge in [-0.2, -0.15) is 5.26 Å². The van der Waals surface area contributed by atoms with Gasteiger partial charge in [-0.15, -0.1) is 0 Å². The first-order chi connectivity index (χ1) is 12.0. The molecule has 1 aromatic heterocycles. The number of H-pyrrole nitrogens is 1. The standard InChI is InChI=1S/C20H18N2O3/c1-3-25-19(23)20(24,15-9-7-14(11-21)8-10-15)17-12-22-18-13(2)5-4-6-16(17)18/h4-10,12,22,24H,3H2,1-2H3/t20-/m0/s1. The van der Waals surface area contributed by atoms with Gasteiger partial charge < -0.3 is 14.8 Å². The Balaban J connectivity index is 2.25. The number of ether oxygens (including phenoxy) is 1. The fourth-order valence-electron chi connectivity index (χ4n) is 3.01. The van der Waals surface area contributed by atoms with Crippen molar-refractivity contribution in [3.63, 3.8) is 0 Å². The number of benzene rings is 2. The van der Waals surface area contributed by atoms with Crippen LogP contribution in [0.5, 0.6) is 0 Å². The highest BCUT2D eigenvalue weighted by atomic mass is 16.5. The summed E-state index contributed by atoms with van der Waals surface area (Å²) in [6.07, 6.45) is 1.63. The monoisotopic (exact) mass is 334 g/mol. The van der Waals surface area contributed by atoms with Crippen LogP contribution in [0.1, 0.15) is 29.2 Å². The Morgan fingerprint density at radius 1 is 1.28 bits per heavy atom. The normalized spacial score (nSPS) is 13.2. The lowest BCUT2D eigenvalue weighted by Crippen LogP contribution is -2.38. The third-order valence-corrected chi connectivity index (χ3v) is 4.32. The number of esters is 1. The van der Waals surface area contributed by atoms with E-state index < -0.39 is 11.6 Å². The number of nitriles is 1. The zero-order valence-corrected chi connectivity index (χ0v) is 14.0. The van der Waals surface area contributed by atoms with Gasteiger partial charge in [0.05, 0.1) is 18.2 Å². The molecule has 5 nitrogen and oxygen atoms in total. The number of para-hydroxylation sites is 1. The third kappa shape index (κ3) is 2.67. The average Bonchev–Trinajstić information content (AvgIpc) is 3.07. The molecular weight excluding hydrogens is 316 g/mol. The summed E-state index contributed by atoms with van der Waals surface area (Å²) in [5.74, 6) is -0.748. The molecule has 3 rings (SSSR count). The van der Waals surface area contributed by atoms with Gasteiger partial charge in [-0.05, 0) is 37.1 Å². The van der Waals surface area contributed by atoms with Crippen LogP contribution >= 0.6 is 0 Å². The van der Waals surface area contributed by atoms with Crippen molar-refractivity contribution in [3.8, 4) is 6.07 Å². The minimum atomic E-state index is -1.96. The van der Waals surface area contributed by atoms with E-state index in [1.807, 2.05) is 31.2 Å². The first-order valence-electron chi connectivity index (χ1n) is 7.99. The Bertz CT molecular complexity index is 967. The Hall–Kier alpha value is -3.10. The van der Waals surface area contributed by atoms with Crippen molar-refractivity contribution in [2.45, 2.75) is 19.4 Å². The zero-order chi connectivity index (χ0) is 18.0. The molecular formula is C20H18N2O3. The number of hydrogen-bond acceptors (Lipinski definition) is 4. The molecule has 0 fully saturated rings. The predicted octanol–water partition coefficient (Wildman–Crippen LogP) is 3.15. The smallest absolute Gasteiger partial charge is 0.347 e. The summed E-state index contributed by atoms with van der Waals surface area (Å²) >= 11 is 0. The molecule has 0 saturated carbocycles. The fraction of sp³-hybridized carbons (Fsp3) is 0.200. The molecule has 1 atom stereocenters. The van der Waals surface area contributed by atoms with Crippen molar-refractivity contribution in [2.75, 3.05) is 6.61 Å². The molecule has 5 heteroatoms. The number of nitrogens with zero attached hydrogens (tertiary/aromatic N) is 1. The van der Waals surface area contributed by atoms with Crippen LogP contribution in [0, 0.1) is 18.3 Å². The van der Waals surface area contributed by atoms with Crippen molar-refractivity contribution in [2.24, 2.45) is 0 Å². The van der Waals surface area contributed by atoms with Crippen LogP contribution < -0.4 is 0 Å². The lowest BCUT2D eigenvalue weighted by molar-refractivity contribution is -0.161. The van der Waals surface area contributed by atoms with Crippen LogP contribution in [0.3, 0.4) is 0 Å². The van der Waals surface area contributed by atoms with E-state index in [-0.39, 0.29) is 6.61 Å². The van der Waals surface area contributed by atoms with Crippen molar-refractivity contribution < 1.29 is 14.6 Å². The second kappa shape index (κ2) is 6.42. The van der Waals surface area contributed by atoms with E-state index in [1.54, 1.807) is 37.4 Å². The van der Waals surface area contributed by atoms with Gasteiger partial charge in [-0.25, -0.2) is 4.79 Å². The number of hydrogen-bond donors (Lipinski definition) is 2. The molecule has 25 heavy (non-hydrogen) atoms. The zero-order valence-electron chi connectivity index (χ0n) is 14.0. The molecule has 0 aliphatic heterocycles. The van der Waals surface area contributed by atoms with Crippen LogP contribution in [0.2, 0.25) is 0 Å². The van der Waals surface area contributed by atoms with Gasteiger partial charge in [0.25, 0.3) is 0 Å². The first kappa shape index (κ1) is 16.7. The lowest BCUT2D eigenvalue weighted by atomic mass is 9.85. The Kier molecular flexibility index (Phi) is 4.30. The number of carbonyl (C=O) groups is 1. The van der Waals surface area contributed by atoms with Gasteiger partial charge >= 0.3 is 5.97 Å². The maximum absolute atomic E-state index is 12.7. The largest absolute Gasteiger partial charge is 0.463 e. The second-order valence-corrected chi connectivity index (χ2v) is 5.82. The number of carbonyl (C=O) groups excluding carboxylic acids is 1. The molecule has 126 valence electrons. The molecule has 0 spiro atoms. The molecule has 2 N–H and O–H groups in total. The second-order valence-electron chi connectivity index (χ2n) is 5.82. The molecule has 0 aliphatic rings. The van der Waals surface area contributed by atoms with Gasteiger partial charge in [0, 0.05) is 22.7 Å². The number of aromatic nitrogens is 1. The topological polar surface area (TPSA) is 86.1 Å². The van der Waals surface area contributed by atoms with Crippen LogP contribution in [0.15, 0.2) is 48.7 Å². The van der Waals surface area contributed by atoms with Gasteiger partial charge in [0.2, 0.25) is 5.60 Å². The maximum atomic E-state index is 12.7. The summed E-state index contributed by atoms with van der Waals surface area (Å²) in [6.45, 7) is 3.79. The number of aryl methyl sites for hydroxylation is 1. The Labute approximate surface area is 145 Å². The predicted molar refractivity (Wildman–Crippen MR) is 93.8 cm³/mol. The highest BCUT2D eigenvalue weighted by Crippen LogP contribution is 2.36. The minimum Gasteiger partial charge on any atom is -0.463 e. The van der Waals surface area contributed by atoms with Crippen LogP contribution in [-0.4, -0.2) is 22.7 Å². The van der Waals surface area contributed by atoms with Gasteiger partial charge in [-0.3, -0.25) is 0 Å². The average molecular weight is 334 g/mol. The highest BCUT2D eigenvalue weighted by molar-refractivity contribution is 5.95. The summed E-state index contributed by atoms with van der Waals surface area (Å²) in [4.78, 5) is 15.8. The summed E-state index contributed by atoms with van der Waals surface area (Å²) in [5.41, 5.74) is 1.13. The van der Waals surface area contributed by atoms with Crippen molar-refractivity contribution in [1.29, 1.82) is 5.26 Å². The van der Waals surface area contributed by atoms with Crippen LogP contribution in [-0.2, 0) is 15.1 Å². The van der Waals surface area contributed by atoms with E-state index in [0.29, 0.717) is 16.7 Å². The quantitative estimate of drug-likeness (QED) is 0.718. The number of nitrogens with one attached hydrogen (secondary N) is 1. The van der Waals surface area contributed by atoms with E-state index >= 15 is 0 Å². The molecule has 3 aromatic rings. The molecule has 0 radical (unpaired) electrons. The van der Waals surface area contributed by atoms with E-state index in [2.05, 4.69) is 4.98 Å². The highest BCUT2D eigenvalue weighted by Gasteiger charge is 2.43. The summed E-state index contributed by atoms with van der Waals surface area (Å²) < 4.78 is 5.15. The first-order valence-corrected chi connectivity index (χ1v) is 7.99. The number of fused-ring (bicyclic) bond motifs is 1. The number of rotatable bonds is 4. The lowest BCUT2D eigenvalue weighted by Gasteiger charge is -2.26. The van der Waals surface area contributed by atoms with Gasteiger partial charge in [0.1, 0.15) is 0 Å². The molecule has 2 aromatic carbocycles. The molecule has 0 amide bonds.